The minimum atomic E-state index is -0.573. The van der Waals surface area contributed by atoms with Crippen LogP contribution in [0, 0.1) is 0 Å². The minimum Gasteiger partial charge on any atom is -0.493 e. The first-order valence-electron chi connectivity index (χ1n) is 5.83. The molecule has 21 heavy (non-hydrogen) atoms. The van der Waals surface area contributed by atoms with E-state index < -0.39 is 5.91 Å². The van der Waals surface area contributed by atoms with Gasteiger partial charge in [0, 0.05) is 0 Å². The molecule has 2 amide bonds. The summed E-state index contributed by atoms with van der Waals surface area (Å²) in [5, 5.41) is 2.54. The normalized spacial score (nSPS) is 16.0. The third kappa shape index (κ3) is 3.96. The van der Waals surface area contributed by atoms with Gasteiger partial charge in [-0.15, -0.1) is 0 Å². The molecule has 0 atom stereocenters. The maximum atomic E-state index is 11.6. The fourth-order valence-corrected chi connectivity index (χ4v) is 2.66. The summed E-state index contributed by atoms with van der Waals surface area (Å²) in [6.45, 7) is -0.233. The Balaban J connectivity index is 2.23. The van der Waals surface area contributed by atoms with E-state index >= 15 is 0 Å². The van der Waals surface area contributed by atoms with Gasteiger partial charge in [-0.2, -0.15) is 0 Å². The van der Waals surface area contributed by atoms with Crippen molar-refractivity contribution >= 4 is 46.2 Å². The lowest BCUT2D eigenvalue weighted by molar-refractivity contribution is -0.120. The van der Waals surface area contributed by atoms with Crippen molar-refractivity contribution < 1.29 is 19.1 Å². The van der Waals surface area contributed by atoms with E-state index in [-0.39, 0.29) is 12.5 Å². The highest BCUT2D eigenvalue weighted by molar-refractivity contribution is 8.26. The zero-order valence-electron chi connectivity index (χ0n) is 11.0. The molecular weight excluding hydrogens is 312 g/mol. The number of thiocarbonyl (C=S) groups is 1. The number of hydrogen-bond donors (Lipinski definition) is 2. The third-order valence-corrected chi connectivity index (χ3v) is 3.66. The Kier molecular flexibility index (Phi) is 4.81. The second kappa shape index (κ2) is 6.59. The molecule has 0 saturated carbocycles. The number of primary amides is 1. The molecule has 1 heterocycles. The van der Waals surface area contributed by atoms with Crippen molar-refractivity contribution in [3.8, 4) is 11.5 Å². The van der Waals surface area contributed by atoms with Crippen LogP contribution in [-0.4, -0.2) is 29.9 Å². The summed E-state index contributed by atoms with van der Waals surface area (Å²) in [7, 11) is 1.48. The maximum absolute atomic E-state index is 11.6. The molecule has 3 N–H and O–H groups in total. The van der Waals surface area contributed by atoms with Crippen LogP contribution < -0.4 is 20.5 Å². The smallest absolute Gasteiger partial charge is 0.263 e. The monoisotopic (exact) mass is 324 g/mol. The molecule has 1 aliphatic heterocycles. The molecular formula is C13H12N2O4S2. The van der Waals surface area contributed by atoms with Crippen LogP contribution >= 0.6 is 24.0 Å². The third-order valence-electron chi connectivity index (χ3n) is 2.50. The number of rotatable bonds is 5. The highest BCUT2D eigenvalue weighted by Gasteiger charge is 2.22. The van der Waals surface area contributed by atoms with E-state index in [1.165, 1.54) is 18.9 Å². The van der Waals surface area contributed by atoms with Crippen LogP contribution in [-0.2, 0) is 9.59 Å². The first-order valence-corrected chi connectivity index (χ1v) is 7.06. The first-order chi connectivity index (χ1) is 9.99. The molecule has 0 radical (unpaired) electrons. The van der Waals surface area contributed by atoms with Crippen LogP contribution in [0.1, 0.15) is 5.56 Å². The predicted octanol–water partition coefficient (Wildman–Crippen LogP) is 1.05. The highest BCUT2D eigenvalue weighted by Crippen LogP contribution is 2.31. The Morgan fingerprint density at radius 3 is 2.81 bits per heavy atom. The first kappa shape index (κ1) is 15.3. The lowest BCUT2D eigenvalue weighted by Crippen LogP contribution is -2.20. The topological polar surface area (TPSA) is 90.7 Å². The van der Waals surface area contributed by atoms with E-state index in [4.69, 9.17) is 27.4 Å². The van der Waals surface area contributed by atoms with Crippen molar-refractivity contribution in [2.24, 2.45) is 5.73 Å². The number of carbonyl (C=O) groups is 2. The average Bonchev–Trinajstić information content (AvgIpc) is 2.75. The lowest BCUT2D eigenvalue weighted by atomic mass is 10.2. The van der Waals surface area contributed by atoms with Gasteiger partial charge in [-0.25, -0.2) is 0 Å². The van der Waals surface area contributed by atoms with Gasteiger partial charge in [-0.05, 0) is 23.8 Å². The molecule has 1 aliphatic rings. The fraction of sp³-hybridized carbons (Fsp3) is 0.154. The van der Waals surface area contributed by atoms with Gasteiger partial charge in [-0.1, -0.05) is 30.0 Å². The standard InChI is InChI=1S/C13H12N2O4S2/c1-18-9-4-7(2-3-8(9)19-6-11(14)16)5-10-12(17)15-13(20)21-10/h2-5H,6H2,1H3,(H2,14,16)(H,15,17,20). The number of hydrogen-bond acceptors (Lipinski definition) is 6. The minimum absolute atomic E-state index is 0.224. The summed E-state index contributed by atoms with van der Waals surface area (Å²) in [4.78, 5) is 22.8. The van der Waals surface area contributed by atoms with Crippen molar-refractivity contribution in [1.29, 1.82) is 0 Å². The number of thioether (sulfide) groups is 1. The van der Waals surface area contributed by atoms with E-state index in [1.54, 1.807) is 24.3 Å². The van der Waals surface area contributed by atoms with Crippen molar-refractivity contribution in [1.82, 2.24) is 5.32 Å². The van der Waals surface area contributed by atoms with Crippen LogP contribution in [0.25, 0.3) is 6.08 Å². The molecule has 0 aliphatic carbocycles. The Hall–Kier alpha value is -2.06. The van der Waals surface area contributed by atoms with Crippen molar-refractivity contribution in [2.75, 3.05) is 13.7 Å². The van der Waals surface area contributed by atoms with Gasteiger partial charge in [-0.3, -0.25) is 9.59 Å². The molecule has 110 valence electrons. The van der Waals surface area contributed by atoms with Crippen molar-refractivity contribution in [3.05, 3.63) is 28.7 Å². The molecule has 0 bridgehead atoms. The maximum Gasteiger partial charge on any atom is 0.263 e. The van der Waals surface area contributed by atoms with Crippen LogP contribution in [0.15, 0.2) is 23.1 Å². The number of ether oxygens (including phenoxy) is 2. The highest BCUT2D eigenvalue weighted by atomic mass is 32.2. The van der Waals surface area contributed by atoms with E-state index in [1.807, 2.05) is 0 Å². The summed E-state index contributed by atoms with van der Waals surface area (Å²) in [6.07, 6.45) is 1.69. The van der Waals surface area contributed by atoms with Crippen molar-refractivity contribution in [3.63, 3.8) is 0 Å². The Morgan fingerprint density at radius 1 is 1.48 bits per heavy atom. The summed E-state index contributed by atoms with van der Waals surface area (Å²) >= 11 is 6.12. The Morgan fingerprint density at radius 2 is 2.24 bits per heavy atom. The van der Waals surface area contributed by atoms with Crippen LogP contribution in [0.5, 0.6) is 11.5 Å². The van der Waals surface area contributed by atoms with E-state index in [2.05, 4.69) is 5.32 Å². The van der Waals surface area contributed by atoms with Crippen LogP contribution in [0.2, 0.25) is 0 Å². The summed E-state index contributed by atoms with van der Waals surface area (Å²) in [6, 6.07) is 5.07. The quantitative estimate of drug-likeness (QED) is 0.621. The molecule has 6 nitrogen and oxygen atoms in total. The van der Waals surface area contributed by atoms with Gasteiger partial charge in [0.2, 0.25) is 0 Å². The van der Waals surface area contributed by atoms with Gasteiger partial charge in [0.25, 0.3) is 11.8 Å². The molecule has 0 spiro atoms. The Bertz CT molecular complexity index is 643. The van der Waals surface area contributed by atoms with E-state index in [0.717, 1.165) is 5.56 Å². The molecule has 1 fully saturated rings. The summed E-state index contributed by atoms with van der Waals surface area (Å²) in [5.74, 6) is 0.0443. The molecule has 0 unspecified atom stereocenters. The van der Waals surface area contributed by atoms with E-state index in [0.29, 0.717) is 20.7 Å². The van der Waals surface area contributed by atoms with Crippen molar-refractivity contribution in [2.45, 2.75) is 0 Å². The van der Waals surface area contributed by atoms with Gasteiger partial charge >= 0.3 is 0 Å². The number of nitrogens with one attached hydrogen (secondary N) is 1. The molecule has 1 saturated heterocycles. The largest absolute Gasteiger partial charge is 0.493 e. The molecule has 2 rings (SSSR count). The molecule has 1 aromatic rings. The zero-order chi connectivity index (χ0) is 15.4. The second-order valence-corrected chi connectivity index (χ2v) is 5.74. The number of nitrogens with two attached hydrogens (primary N) is 1. The zero-order valence-corrected chi connectivity index (χ0v) is 12.7. The van der Waals surface area contributed by atoms with E-state index in [9.17, 15) is 9.59 Å². The average molecular weight is 324 g/mol. The molecule has 1 aromatic carbocycles. The number of methoxy groups -OCH3 is 1. The van der Waals surface area contributed by atoms with Gasteiger partial charge in [0.05, 0.1) is 12.0 Å². The SMILES string of the molecule is COc1cc(C=C2SC(=S)NC2=O)ccc1OCC(N)=O. The lowest BCUT2D eigenvalue weighted by Gasteiger charge is -2.10. The second-order valence-electron chi connectivity index (χ2n) is 4.02. The fourth-order valence-electron chi connectivity index (χ4n) is 1.61. The van der Waals surface area contributed by atoms with Crippen LogP contribution in [0.4, 0.5) is 0 Å². The number of amides is 2. The predicted molar refractivity (Wildman–Crippen MR) is 84.0 cm³/mol. The summed E-state index contributed by atoms with van der Waals surface area (Å²) in [5.41, 5.74) is 5.78. The Labute approximate surface area is 130 Å². The van der Waals surface area contributed by atoms with Gasteiger partial charge in [0.15, 0.2) is 18.1 Å². The van der Waals surface area contributed by atoms with Crippen LogP contribution in [0.3, 0.4) is 0 Å². The number of benzene rings is 1. The molecule has 8 heteroatoms. The number of carbonyl (C=O) groups excluding carboxylic acids is 2. The van der Waals surface area contributed by atoms with Gasteiger partial charge < -0.3 is 20.5 Å². The molecule has 0 aromatic heterocycles. The summed E-state index contributed by atoms with van der Waals surface area (Å²) < 4.78 is 10.8. The van der Waals surface area contributed by atoms with Gasteiger partial charge in [0.1, 0.15) is 4.32 Å².